The molecule has 0 fully saturated rings. The Balaban J connectivity index is 2.21. The molecule has 0 aromatic heterocycles. The smallest absolute Gasteiger partial charge is 0.331 e. The Bertz CT molecular complexity index is 585. The van der Waals surface area contributed by atoms with Crippen molar-refractivity contribution in [3.63, 3.8) is 0 Å². The summed E-state index contributed by atoms with van der Waals surface area (Å²) in [5, 5.41) is 9.41. The molecular weight excluding hydrogens is 248 g/mol. The Kier molecular flexibility index (Phi) is 4.72. The summed E-state index contributed by atoms with van der Waals surface area (Å²) in [6.45, 7) is 1.95. The van der Waals surface area contributed by atoms with Gasteiger partial charge in [-0.15, -0.1) is 0 Å². The molecule has 2 heteroatoms. The van der Waals surface area contributed by atoms with Crippen molar-refractivity contribution in [2.45, 2.75) is 13.3 Å². The maximum atomic E-state index is 11.5. The summed E-state index contributed by atoms with van der Waals surface area (Å²) in [6.07, 6.45) is 2.49. The minimum atomic E-state index is -0.850. The van der Waals surface area contributed by atoms with Gasteiger partial charge in [-0.05, 0) is 29.5 Å². The fraction of sp³-hybridized carbons (Fsp3) is 0.167. The first-order valence-electron chi connectivity index (χ1n) is 6.70. The Labute approximate surface area is 119 Å². The summed E-state index contributed by atoms with van der Waals surface area (Å²) in [6, 6.07) is 19.5. The third kappa shape index (κ3) is 3.82. The molecule has 0 saturated carbocycles. The molecule has 2 rings (SSSR count). The zero-order valence-electron chi connectivity index (χ0n) is 11.5. The standard InChI is InChI=1S/C18H18O2/c1-14(12-15-8-4-2-5-9-15)17(18(19)20)13-16-10-6-3-7-11-16/h2-11,13-14H,12H2,1H3,(H,19,20). The van der Waals surface area contributed by atoms with Crippen LogP contribution in [-0.2, 0) is 11.2 Å². The largest absolute Gasteiger partial charge is 0.478 e. The van der Waals surface area contributed by atoms with Gasteiger partial charge < -0.3 is 5.11 Å². The molecule has 0 saturated heterocycles. The lowest BCUT2D eigenvalue weighted by Gasteiger charge is -2.13. The zero-order valence-corrected chi connectivity index (χ0v) is 11.5. The van der Waals surface area contributed by atoms with E-state index in [0.29, 0.717) is 5.57 Å². The second-order valence-electron chi connectivity index (χ2n) is 4.91. The Hall–Kier alpha value is -2.35. The SMILES string of the molecule is CC(Cc1ccccc1)C(=Cc1ccccc1)C(=O)O. The summed E-state index contributed by atoms with van der Waals surface area (Å²) < 4.78 is 0. The van der Waals surface area contributed by atoms with Crippen LogP contribution in [0.5, 0.6) is 0 Å². The first-order valence-corrected chi connectivity index (χ1v) is 6.70. The van der Waals surface area contributed by atoms with Crippen molar-refractivity contribution in [2.75, 3.05) is 0 Å². The van der Waals surface area contributed by atoms with E-state index in [1.165, 1.54) is 0 Å². The van der Waals surface area contributed by atoms with Gasteiger partial charge in [0.2, 0.25) is 0 Å². The molecule has 0 bridgehead atoms. The van der Waals surface area contributed by atoms with Crippen LogP contribution in [-0.4, -0.2) is 11.1 Å². The van der Waals surface area contributed by atoms with Crippen LogP contribution in [0.3, 0.4) is 0 Å². The Morgan fingerprint density at radius 1 is 1.05 bits per heavy atom. The van der Waals surface area contributed by atoms with Crippen molar-refractivity contribution in [1.29, 1.82) is 0 Å². The molecule has 0 aliphatic heterocycles. The number of benzene rings is 2. The summed E-state index contributed by atoms with van der Waals surface area (Å²) in [5.74, 6) is -0.882. The molecule has 0 heterocycles. The van der Waals surface area contributed by atoms with Crippen molar-refractivity contribution in [3.05, 3.63) is 77.4 Å². The molecule has 0 aliphatic carbocycles. The first-order chi connectivity index (χ1) is 9.66. The van der Waals surface area contributed by atoms with Gasteiger partial charge in [-0.1, -0.05) is 67.6 Å². The van der Waals surface area contributed by atoms with Gasteiger partial charge in [0.15, 0.2) is 0 Å². The van der Waals surface area contributed by atoms with Crippen LogP contribution in [0.1, 0.15) is 18.1 Å². The van der Waals surface area contributed by atoms with Gasteiger partial charge in [-0.2, -0.15) is 0 Å². The number of hydrogen-bond donors (Lipinski definition) is 1. The van der Waals surface area contributed by atoms with E-state index < -0.39 is 5.97 Å². The van der Waals surface area contributed by atoms with E-state index in [4.69, 9.17) is 0 Å². The lowest BCUT2D eigenvalue weighted by Crippen LogP contribution is -2.12. The first kappa shape index (κ1) is 14.1. The number of hydrogen-bond acceptors (Lipinski definition) is 1. The van der Waals surface area contributed by atoms with Gasteiger partial charge in [0.1, 0.15) is 0 Å². The second-order valence-corrected chi connectivity index (χ2v) is 4.91. The number of rotatable bonds is 5. The summed E-state index contributed by atoms with van der Waals surface area (Å²) in [7, 11) is 0. The summed E-state index contributed by atoms with van der Waals surface area (Å²) in [5.41, 5.74) is 2.52. The topological polar surface area (TPSA) is 37.3 Å². The molecular formula is C18H18O2. The van der Waals surface area contributed by atoms with Crippen LogP contribution in [0.4, 0.5) is 0 Å². The highest BCUT2D eigenvalue weighted by molar-refractivity contribution is 5.92. The molecule has 1 atom stereocenters. The van der Waals surface area contributed by atoms with Gasteiger partial charge in [0.25, 0.3) is 0 Å². The molecule has 1 N–H and O–H groups in total. The van der Waals surface area contributed by atoms with Crippen LogP contribution < -0.4 is 0 Å². The fourth-order valence-corrected chi connectivity index (χ4v) is 2.22. The third-order valence-corrected chi connectivity index (χ3v) is 3.28. The van der Waals surface area contributed by atoms with E-state index in [1.807, 2.05) is 67.6 Å². The quantitative estimate of drug-likeness (QED) is 0.829. The number of carboxylic acids is 1. The Morgan fingerprint density at radius 2 is 1.60 bits per heavy atom. The molecule has 2 aromatic rings. The molecule has 0 radical (unpaired) electrons. The van der Waals surface area contributed by atoms with Gasteiger partial charge in [0, 0.05) is 5.57 Å². The highest BCUT2D eigenvalue weighted by Gasteiger charge is 2.16. The molecule has 0 amide bonds. The van der Waals surface area contributed by atoms with Crippen molar-refractivity contribution >= 4 is 12.0 Å². The molecule has 20 heavy (non-hydrogen) atoms. The van der Waals surface area contributed by atoms with Crippen molar-refractivity contribution in [1.82, 2.24) is 0 Å². The second kappa shape index (κ2) is 6.71. The zero-order chi connectivity index (χ0) is 14.4. The van der Waals surface area contributed by atoms with Crippen molar-refractivity contribution in [2.24, 2.45) is 5.92 Å². The van der Waals surface area contributed by atoms with Gasteiger partial charge in [0.05, 0.1) is 0 Å². The van der Waals surface area contributed by atoms with E-state index in [0.717, 1.165) is 17.5 Å². The number of aliphatic carboxylic acids is 1. The average molecular weight is 266 g/mol. The van der Waals surface area contributed by atoms with Crippen molar-refractivity contribution in [3.8, 4) is 0 Å². The minimum Gasteiger partial charge on any atom is -0.478 e. The van der Waals surface area contributed by atoms with Gasteiger partial charge in [-0.3, -0.25) is 0 Å². The molecule has 1 unspecified atom stereocenters. The van der Waals surface area contributed by atoms with Gasteiger partial charge >= 0.3 is 5.97 Å². The van der Waals surface area contributed by atoms with E-state index in [1.54, 1.807) is 6.08 Å². The van der Waals surface area contributed by atoms with Crippen molar-refractivity contribution < 1.29 is 9.90 Å². The minimum absolute atomic E-state index is 0.0323. The maximum Gasteiger partial charge on any atom is 0.331 e. The Morgan fingerprint density at radius 3 is 2.15 bits per heavy atom. The number of carbonyl (C=O) groups is 1. The fourth-order valence-electron chi connectivity index (χ4n) is 2.22. The molecule has 0 aliphatic rings. The maximum absolute atomic E-state index is 11.5. The highest BCUT2D eigenvalue weighted by Crippen LogP contribution is 2.20. The average Bonchev–Trinajstić information content (AvgIpc) is 2.46. The summed E-state index contributed by atoms with van der Waals surface area (Å²) in [4.78, 5) is 11.5. The predicted molar refractivity (Wildman–Crippen MR) is 81.4 cm³/mol. The van der Waals surface area contributed by atoms with Crippen LogP contribution in [0, 0.1) is 5.92 Å². The van der Waals surface area contributed by atoms with E-state index in [-0.39, 0.29) is 5.92 Å². The van der Waals surface area contributed by atoms with E-state index in [2.05, 4.69) is 0 Å². The molecule has 102 valence electrons. The van der Waals surface area contributed by atoms with Crippen LogP contribution in [0.25, 0.3) is 6.08 Å². The predicted octanol–water partition coefficient (Wildman–Crippen LogP) is 4.03. The van der Waals surface area contributed by atoms with Crippen LogP contribution >= 0.6 is 0 Å². The highest BCUT2D eigenvalue weighted by atomic mass is 16.4. The molecule has 0 spiro atoms. The number of carboxylic acid groups (broad SMARTS) is 1. The van der Waals surface area contributed by atoms with Crippen LogP contribution in [0.15, 0.2) is 66.2 Å². The molecule has 2 aromatic carbocycles. The van der Waals surface area contributed by atoms with E-state index in [9.17, 15) is 9.90 Å². The normalized spacial score (nSPS) is 12.9. The van der Waals surface area contributed by atoms with E-state index >= 15 is 0 Å². The summed E-state index contributed by atoms with van der Waals surface area (Å²) >= 11 is 0. The lowest BCUT2D eigenvalue weighted by molar-refractivity contribution is -0.133. The van der Waals surface area contributed by atoms with Crippen LogP contribution in [0.2, 0.25) is 0 Å². The molecule has 2 nitrogen and oxygen atoms in total. The monoisotopic (exact) mass is 266 g/mol. The lowest BCUT2D eigenvalue weighted by atomic mass is 9.92. The third-order valence-electron chi connectivity index (χ3n) is 3.28. The van der Waals surface area contributed by atoms with Gasteiger partial charge in [-0.25, -0.2) is 4.79 Å².